The molecule has 0 saturated heterocycles. The van der Waals surface area contributed by atoms with E-state index in [0.29, 0.717) is 17.5 Å². The van der Waals surface area contributed by atoms with Crippen LogP contribution in [-0.4, -0.2) is 0 Å². The lowest BCUT2D eigenvalue weighted by molar-refractivity contribution is 0.495. The lowest BCUT2D eigenvalue weighted by Gasteiger charge is -2.16. The molecular formula is C29H34F2. The van der Waals surface area contributed by atoms with Crippen molar-refractivity contribution >= 4 is 0 Å². The second-order valence-electron chi connectivity index (χ2n) is 8.40. The van der Waals surface area contributed by atoms with Crippen molar-refractivity contribution < 1.29 is 8.78 Å². The average molecular weight is 421 g/mol. The second-order valence-corrected chi connectivity index (χ2v) is 8.40. The number of halogens is 2. The summed E-state index contributed by atoms with van der Waals surface area (Å²) in [5, 5.41) is 0. The summed E-state index contributed by atoms with van der Waals surface area (Å²) in [5.41, 5.74) is 4.86. The maximum Gasteiger partial charge on any atom is 0.166 e. The molecule has 3 aromatic rings. The van der Waals surface area contributed by atoms with E-state index in [1.165, 1.54) is 12.8 Å². The van der Waals surface area contributed by atoms with Crippen LogP contribution in [0.1, 0.15) is 69.9 Å². The zero-order valence-electron chi connectivity index (χ0n) is 18.9. The van der Waals surface area contributed by atoms with Crippen molar-refractivity contribution in [1.82, 2.24) is 0 Å². The van der Waals surface area contributed by atoms with Crippen LogP contribution in [0.25, 0.3) is 22.3 Å². The monoisotopic (exact) mass is 420 g/mol. The fraction of sp³-hybridized carbons (Fsp3) is 0.379. The molecule has 0 bridgehead atoms. The fourth-order valence-electron chi connectivity index (χ4n) is 4.19. The van der Waals surface area contributed by atoms with Gasteiger partial charge in [0.15, 0.2) is 11.6 Å². The maximum absolute atomic E-state index is 15.2. The molecule has 2 heteroatoms. The maximum atomic E-state index is 15.2. The predicted molar refractivity (Wildman–Crippen MR) is 128 cm³/mol. The number of rotatable bonds is 11. The van der Waals surface area contributed by atoms with E-state index < -0.39 is 11.6 Å². The summed E-state index contributed by atoms with van der Waals surface area (Å²) < 4.78 is 30.3. The van der Waals surface area contributed by atoms with Gasteiger partial charge < -0.3 is 0 Å². The first-order valence-electron chi connectivity index (χ1n) is 11.8. The third kappa shape index (κ3) is 6.03. The zero-order chi connectivity index (χ0) is 22.1. The molecule has 0 unspecified atom stereocenters. The number of unbranched alkanes of at least 4 members (excludes halogenated alkanes) is 5. The molecule has 0 amide bonds. The Hall–Kier alpha value is -2.48. The molecule has 0 atom stereocenters. The van der Waals surface area contributed by atoms with Crippen molar-refractivity contribution in [2.45, 2.75) is 71.6 Å². The van der Waals surface area contributed by atoms with Gasteiger partial charge in [-0.05, 0) is 59.6 Å². The topological polar surface area (TPSA) is 0 Å². The van der Waals surface area contributed by atoms with E-state index in [-0.39, 0.29) is 0 Å². The van der Waals surface area contributed by atoms with Crippen LogP contribution in [0.5, 0.6) is 0 Å². The Bertz CT molecular complexity index is 943. The lowest BCUT2D eigenvalue weighted by atomic mass is 9.91. The van der Waals surface area contributed by atoms with Crippen molar-refractivity contribution in [3.05, 3.63) is 83.4 Å². The van der Waals surface area contributed by atoms with Crippen LogP contribution in [0.3, 0.4) is 0 Å². The first-order valence-corrected chi connectivity index (χ1v) is 11.8. The van der Waals surface area contributed by atoms with Crippen LogP contribution < -0.4 is 0 Å². The Morgan fingerprint density at radius 3 is 1.84 bits per heavy atom. The molecule has 0 radical (unpaired) electrons. The Kier molecular flexibility index (Phi) is 8.82. The summed E-state index contributed by atoms with van der Waals surface area (Å²) >= 11 is 0. The molecule has 0 spiro atoms. The SMILES string of the molecule is CCCCCCc1cc(-c2ccc(-c3ccccc3)cc2)c(F)c(F)c1CCCCC. The minimum atomic E-state index is -0.712. The highest BCUT2D eigenvalue weighted by Gasteiger charge is 2.19. The van der Waals surface area contributed by atoms with Gasteiger partial charge in [0.2, 0.25) is 0 Å². The van der Waals surface area contributed by atoms with Crippen LogP contribution in [0, 0.1) is 11.6 Å². The molecule has 0 saturated carbocycles. The zero-order valence-corrected chi connectivity index (χ0v) is 18.9. The molecule has 0 fully saturated rings. The van der Waals surface area contributed by atoms with Crippen LogP contribution in [0.2, 0.25) is 0 Å². The number of hydrogen-bond donors (Lipinski definition) is 0. The van der Waals surface area contributed by atoms with Crippen LogP contribution >= 0.6 is 0 Å². The van der Waals surface area contributed by atoms with E-state index in [2.05, 4.69) is 26.0 Å². The molecule has 0 aromatic heterocycles. The summed E-state index contributed by atoms with van der Waals surface area (Å²) in [7, 11) is 0. The minimum Gasteiger partial charge on any atom is -0.203 e. The summed E-state index contributed by atoms with van der Waals surface area (Å²) in [6, 6.07) is 19.8. The highest BCUT2D eigenvalue weighted by atomic mass is 19.2. The number of benzene rings is 3. The van der Waals surface area contributed by atoms with Gasteiger partial charge in [-0.25, -0.2) is 8.78 Å². The third-order valence-corrected chi connectivity index (χ3v) is 6.03. The molecule has 0 aliphatic heterocycles. The van der Waals surface area contributed by atoms with E-state index >= 15 is 8.78 Å². The van der Waals surface area contributed by atoms with E-state index in [4.69, 9.17) is 0 Å². The van der Waals surface area contributed by atoms with Gasteiger partial charge in [0.1, 0.15) is 0 Å². The number of hydrogen-bond acceptors (Lipinski definition) is 0. The van der Waals surface area contributed by atoms with Gasteiger partial charge in [0, 0.05) is 5.56 Å². The molecule has 0 aliphatic carbocycles. The first-order chi connectivity index (χ1) is 15.2. The molecule has 3 aromatic carbocycles. The minimum absolute atomic E-state index is 0.377. The highest BCUT2D eigenvalue weighted by Crippen LogP contribution is 2.32. The van der Waals surface area contributed by atoms with Gasteiger partial charge in [-0.1, -0.05) is 101 Å². The van der Waals surface area contributed by atoms with Crippen molar-refractivity contribution in [3.63, 3.8) is 0 Å². The third-order valence-electron chi connectivity index (χ3n) is 6.03. The van der Waals surface area contributed by atoms with Crippen molar-refractivity contribution in [2.24, 2.45) is 0 Å². The molecule has 0 N–H and O–H groups in total. The van der Waals surface area contributed by atoms with Gasteiger partial charge in [-0.15, -0.1) is 0 Å². The summed E-state index contributed by atoms with van der Waals surface area (Å²) in [5.74, 6) is -1.36. The predicted octanol–water partition coefficient (Wildman–Crippen LogP) is 9.15. The van der Waals surface area contributed by atoms with Gasteiger partial charge in [0.05, 0.1) is 0 Å². The molecule has 31 heavy (non-hydrogen) atoms. The molecule has 0 heterocycles. The molecule has 3 rings (SSSR count). The van der Waals surface area contributed by atoms with Gasteiger partial charge >= 0.3 is 0 Å². The van der Waals surface area contributed by atoms with Gasteiger partial charge in [-0.3, -0.25) is 0 Å². The quantitative estimate of drug-likeness (QED) is 0.271. The molecule has 164 valence electrons. The Morgan fingerprint density at radius 2 is 1.16 bits per heavy atom. The van der Waals surface area contributed by atoms with E-state index in [0.717, 1.165) is 60.8 Å². The second kappa shape index (κ2) is 11.8. The standard InChI is InChI=1S/C29H34F2/c1-3-5-7-10-15-25-21-27(29(31)28(30)26(25)16-9-6-4-2)24-19-17-23(18-20-24)22-13-11-8-12-14-22/h8,11-14,17-21H,3-7,9-10,15-16H2,1-2H3. The summed E-state index contributed by atoms with van der Waals surface area (Å²) in [6.07, 6.45) is 8.95. The molecular weight excluding hydrogens is 386 g/mol. The Balaban J connectivity index is 1.92. The van der Waals surface area contributed by atoms with Gasteiger partial charge in [-0.2, -0.15) is 0 Å². The van der Waals surface area contributed by atoms with Gasteiger partial charge in [0.25, 0.3) is 0 Å². The normalized spacial score (nSPS) is 11.1. The fourth-order valence-corrected chi connectivity index (χ4v) is 4.19. The summed E-state index contributed by atoms with van der Waals surface area (Å²) in [4.78, 5) is 0. The van der Waals surface area contributed by atoms with Crippen molar-refractivity contribution in [1.29, 1.82) is 0 Å². The average Bonchev–Trinajstić information content (AvgIpc) is 2.81. The van der Waals surface area contributed by atoms with Crippen molar-refractivity contribution in [3.8, 4) is 22.3 Å². The van der Waals surface area contributed by atoms with Crippen LogP contribution in [0.15, 0.2) is 60.7 Å². The van der Waals surface area contributed by atoms with E-state index in [1.807, 2.05) is 48.5 Å². The Morgan fingerprint density at radius 1 is 0.581 bits per heavy atom. The number of aryl methyl sites for hydroxylation is 1. The van der Waals surface area contributed by atoms with Crippen LogP contribution in [0.4, 0.5) is 8.78 Å². The largest absolute Gasteiger partial charge is 0.203 e. The molecule has 0 aliphatic rings. The summed E-state index contributed by atoms with van der Waals surface area (Å²) in [6.45, 7) is 4.32. The highest BCUT2D eigenvalue weighted by molar-refractivity contribution is 5.71. The van der Waals surface area contributed by atoms with Crippen molar-refractivity contribution in [2.75, 3.05) is 0 Å². The van der Waals surface area contributed by atoms with E-state index in [1.54, 1.807) is 0 Å². The smallest absolute Gasteiger partial charge is 0.166 e. The van der Waals surface area contributed by atoms with E-state index in [9.17, 15) is 0 Å². The lowest BCUT2D eigenvalue weighted by Crippen LogP contribution is -2.04. The molecule has 0 nitrogen and oxygen atoms in total. The van der Waals surface area contributed by atoms with Crippen LogP contribution in [-0.2, 0) is 12.8 Å². The Labute approximate surface area is 186 Å². The first kappa shape index (κ1) is 23.2.